The molecular formula is C22H17F4N3OS. The maximum Gasteiger partial charge on any atom is 0.208 e. The molecule has 0 aromatic heterocycles. The summed E-state index contributed by atoms with van der Waals surface area (Å²) in [5.41, 5.74) is 0.612. The molecule has 160 valence electrons. The normalized spacial score (nSPS) is 17.6. The largest absolute Gasteiger partial charge is 0.324 e. The van der Waals surface area contributed by atoms with Crippen molar-refractivity contribution in [2.45, 2.75) is 24.3 Å². The molecule has 4 rings (SSSR count). The lowest BCUT2D eigenvalue weighted by atomic mass is 9.91. The highest BCUT2D eigenvalue weighted by Gasteiger charge is 2.28. The number of benzene rings is 3. The van der Waals surface area contributed by atoms with Crippen molar-refractivity contribution in [2.24, 2.45) is 4.99 Å². The van der Waals surface area contributed by atoms with E-state index >= 15 is 0 Å². The lowest BCUT2D eigenvalue weighted by molar-refractivity contribution is 0.580. The highest BCUT2D eigenvalue weighted by molar-refractivity contribution is 7.84. The Bertz CT molecular complexity index is 1220. The first-order valence-electron chi connectivity index (χ1n) is 9.36. The minimum atomic E-state index is -1.78. The van der Waals surface area contributed by atoms with Gasteiger partial charge in [0.2, 0.25) is 5.96 Å². The molecule has 1 aliphatic rings. The topological polar surface area (TPSA) is 53.5 Å². The fraction of sp³-hybridized carbons (Fsp3) is 0.136. The van der Waals surface area contributed by atoms with Gasteiger partial charge in [0, 0.05) is 17.0 Å². The molecule has 0 bridgehead atoms. The Balaban J connectivity index is 1.72. The average molecular weight is 447 g/mol. The van der Waals surface area contributed by atoms with E-state index in [1.54, 1.807) is 19.1 Å². The smallest absolute Gasteiger partial charge is 0.208 e. The van der Waals surface area contributed by atoms with Crippen molar-refractivity contribution in [3.8, 4) is 0 Å². The summed E-state index contributed by atoms with van der Waals surface area (Å²) in [6.45, 7) is 1.40. The Kier molecular flexibility index (Phi) is 5.77. The number of nitrogens with one attached hydrogen (secondary N) is 2. The molecule has 0 radical (unpaired) electrons. The SMILES string of the molecule is CC(c1ccccc1F)c1c(F)ccc2c1NC(=NCc1cc(F)ccc1F)NS2=O. The van der Waals surface area contributed by atoms with Crippen LogP contribution in [0.1, 0.15) is 29.5 Å². The quantitative estimate of drug-likeness (QED) is 0.554. The van der Waals surface area contributed by atoms with Gasteiger partial charge in [0.1, 0.15) is 23.3 Å². The lowest BCUT2D eigenvalue weighted by Gasteiger charge is -2.26. The predicted octanol–water partition coefficient (Wildman–Crippen LogP) is 4.99. The zero-order valence-electron chi connectivity index (χ0n) is 16.3. The van der Waals surface area contributed by atoms with Crippen LogP contribution in [0.3, 0.4) is 0 Å². The molecule has 2 N–H and O–H groups in total. The van der Waals surface area contributed by atoms with Gasteiger partial charge in [-0.2, -0.15) is 0 Å². The summed E-state index contributed by atoms with van der Waals surface area (Å²) < 4.78 is 71.7. The van der Waals surface area contributed by atoms with Gasteiger partial charge in [-0.3, -0.25) is 4.72 Å². The third-order valence-corrected chi connectivity index (χ3v) is 6.13. The molecule has 4 nitrogen and oxygen atoms in total. The van der Waals surface area contributed by atoms with Gasteiger partial charge in [0.15, 0.2) is 11.0 Å². The molecule has 0 aliphatic carbocycles. The summed E-state index contributed by atoms with van der Waals surface area (Å²) >= 11 is 0. The predicted molar refractivity (Wildman–Crippen MR) is 111 cm³/mol. The highest BCUT2D eigenvalue weighted by atomic mass is 32.2. The molecule has 9 heteroatoms. The first-order chi connectivity index (χ1) is 14.8. The van der Waals surface area contributed by atoms with Gasteiger partial charge < -0.3 is 5.32 Å². The van der Waals surface area contributed by atoms with Crippen LogP contribution >= 0.6 is 0 Å². The molecule has 1 aliphatic heterocycles. The molecular weight excluding hydrogens is 430 g/mol. The summed E-state index contributed by atoms with van der Waals surface area (Å²) in [6.07, 6.45) is 0. The van der Waals surface area contributed by atoms with Crippen LogP contribution in [0.5, 0.6) is 0 Å². The van der Waals surface area contributed by atoms with Crippen LogP contribution in [0, 0.1) is 23.3 Å². The van der Waals surface area contributed by atoms with Crippen molar-refractivity contribution in [1.82, 2.24) is 4.72 Å². The van der Waals surface area contributed by atoms with Crippen molar-refractivity contribution in [3.05, 3.63) is 94.6 Å². The van der Waals surface area contributed by atoms with Crippen LogP contribution in [-0.4, -0.2) is 10.2 Å². The van der Waals surface area contributed by atoms with Crippen molar-refractivity contribution >= 4 is 22.6 Å². The molecule has 3 aromatic rings. The fourth-order valence-electron chi connectivity index (χ4n) is 3.45. The van der Waals surface area contributed by atoms with E-state index in [2.05, 4.69) is 15.0 Å². The van der Waals surface area contributed by atoms with Crippen molar-refractivity contribution in [3.63, 3.8) is 0 Å². The number of aliphatic imine (C=N–C) groups is 1. The van der Waals surface area contributed by atoms with E-state index in [4.69, 9.17) is 0 Å². The van der Waals surface area contributed by atoms with E-state index in [0.717, 1.165) is 18.2 Å². The van der Waals surface area contributed by atoms with Crippen LogP contribution in [-0.2, 0) is 17.5 Å². The Hall–Kier alpha value is -3.20. The van der Waals surface area contributed by atoms with Gasteiger partial charge in [-0.25, -0.2) is 26.8 Å². The number of hydrogen-bond donors (Lipinski definition) is 2. The van der Waals surface area contributed by atoms with E-state index in [1.807, 2.05) is 0 Å². The Morgan fingerprint density at radius 2 is 1.71 bits per heavy atom. The summed E-state index contributed by atoms with van der Waals surface area (Å²) in [4.78, 5) is 4.40. The van der Waals surface area contributed by atoms with Gasteiger partial charge in [-0.15, -0.1) is 0 Å². The minimum Gasteiger partial charge on any atom is -0.324 e. The minimum absolute atomic E-state index is 0.00192. The number of anilines is 1. The monoisotopic (exact) mass is 447 g/mol. The second kappa shape index (κ2) is 8.50. The standard InChI is InChI=1S/C22H17F4N3OS/c1-12(15-4-2-3-5-17(15)25)20-18(26)8-9-19-21(20)28-22(29-31(19)30)27-11-13-10-14(23)6-7-16(13)24/h2-10,12H,11H2,1H3,(H2,27,28,29). The summed E-state index contributed by atoms with van der Waals surface area (Å²) in [6, 6.07) is 11.6. The number of rotatable bonds is 4. The molecule has 0 amide bonds. The second-order valence-electron chi connectivity index (χ2n) is 6.97. The maximum absolute atomic E-state index is 14.8. The van der Waals surface area contributed by atoms with Crippen LogP contribution in [0.25, 0.3) is 0 Å². The number of guanidine groups is 1. The highest BCUT2D eigenvalue weighted by Crippen LogP contribution is 2.37. The van der Waals surface area contributed by atoms with Gasteiger partial charge >= 0.3 is 0 Å². The number of fused-ring (bicyclic) bond motifs is 1. The van der Waals surface area contributed by atoms with E-state index in [0.29, 0.717) is 0 Å². The van der Waals surface area contributed by atoms with E-state index in [9.17, 15) is 21.8 Å². The van der Waals surface area contributed by atoms with Crippen molar-refractivity contribution in [2.75, 3.05) is 5.32 Å². The number of halogens is 4. The number of nitrogens with zero attached hydrogens (tertiary/aromatic N) is 1. The molecule has 1 heterocycles. The summed E-state index contributed by atoms with van der Waals surface area (Å²) in [5.74, 6) is -3.03. The lowest BCUT2D eigenvalue weighted by Crippen LogP contribution is -2.38. The number of hydrogen-bond acceptors (Lipinski definition) is 2. The van der Waals surface area contributed by atoms with Crippen LogP contribution in [0.2, 0.25) is 0 Å². The molecule has 31 heavy (non-hydrogen) atoms. The van der Waals surface area contributed by atoms with E-state index in [-0.39, 0.29) is 39.8 Å². The third kappa shape index (κ3) is 4.18. The van der Waals surface area contributed by atoms with Crippen LogP contribution < -0.4 is 10.0 Å². The van der Waals surface area contributed by atoms with E-state index < -0.39 is 40.2 Å². The van der Waals surface area contributed by atoms with Crippen molar-refractivity contribution < 1.29 is 21.8 Å². The summed E-state index contributed by atoms with van der Waals surface area (Å²) in [5, 5.41) is 2.88. The average Bonchev–Trinajstić information content (AvgIpc) is 2.74. The third-order valence-electron chi connectivity index (χ3n) is 5.01. The molecule has 2 unspecified atom stereocenters. The zero-order chi connectivity index (χ0) is 22.1. The van der Waals surface area contributed by atoms with E-state index in [1.165, 1.54) is 24.3 Å². The van der Waals surface area contributed by atoms with Gasteiger partial charge in [-0.1, -0.05) is 25.1 Å². The first kappa shape index (κ1) is 21.0. The molecule has 0 spiro atoms. The Labute approximate surface area is 178 Å². The van der Waals surface area contributed by atoms with Crippen LogP contribution in [0.4, 0.5) is 23.2 Å². The van der Waals surface area contributed by atoms with Gasteiger partial charge in [-0.05, 0) is 42.0 Å². The van der Waals surface area contributed by atoms with Gasteiger partial charge in [0.05, 0.1) is 17.1 Å². The Morgan fingerprint density at radius 1 is 0.968 bits per heavy atom. The molecule has 0 saturated heterocycles. The molecule has 2 atom stereocenters. The Morgan fingerprint density at radius 3 is 2.48 bits per heavy atom. The first-order valence-corrected chi connectivity index (χ1v) is 10.5. The molecule has 0 fully saturated rings. The summed E-state index contributed by atoms with van der Waals surface area (Å²) in [7, 11) is -1.78. The zero-order valence-corrected chi connectivity index (χ0v) is 17.1. The van der Waals surface area contributed by atoms with Crippen molar-refractivity contribution in [1.29, 1.82) is 0 Å². The molecule has 3 aromatic carbocycles. The fourth-order valence-corrected chi connectivity index (χ4v) is 4.39. The maximum atomic E-state index is 14.8. The molecule has 0 saturated carbocycles. The second-order valence-corrected chi connectivity index (χ2v) is 8.16. The van der Waals surface area contributed by atoms with Crippen LogP contribution in [0.15, 0.2) is 64.5 Å². The van der Waals surface area contributed by atoms with Gasteiger partial charge in [0.25, 0.3) is 0 Å².